The van der Waals surface area contributed by atoms with Crippen molar-refractivity contribution in [2.75, 3.05) is 18.0 Å². The first-order valence-corrected chi connectivity index (χ1v) is 11.7. The molecule has 174 valence electrons. The molecule has 0 radical (unpaired) electrons. The molecule has 2 N–H and O–H groups in total. The Labute approximate surface area is 195 Å². The van der Waals surface area contributed by atoms with Gasteiger partial charge in [0.25, 0.3) is 0 Å². The molecule has 4 aliphatic rings. The number of hydrogen-bond acceptors (Lipinski definition) is 6. The zero-order chi connectivity index (χ0) is 23.4. The summed E-state index contributed by atoms with van der Waals surface area (Å²) in [6.45, 7) is 1.03. The molecule has 2 fully saturated rings. The van der Waals surface area contributed by atoms with Gasteiger partial charge in [0.1, 0.15) is 11.6 Å². The third-order valence-corrected chi connectivity index (χ3v) is 7.71. The number of carbonyl (C=O) groups excluding carboxylic acids is 1. The zero-order valence-electron chi connectivity index (χ0n) is 18.5. The van der Waals surface area contributed by atoms with Crippen molar-refractivity contribution in [3.63, 3.8) is 0 Å². The molecule has 3 aliphatic carbocycles. The predicted molar refractivity (Wildman–Crippen MR) is 121 cm³/mol. The first kappa shape index (κ1) is 21.1. The van der Waals surface area contributed by atoms with Crippen molar-refractivity contribution in [2.45, 2.75) is 43.4 Å². The van der Waals surface area contributed by atoms with Gasteiger partial charge in [-0.1, -0.05) is 12.5 Å². The lowest BCUT2D eigenvalue weighted by atomic mass is 9.68. The third kappa shape index (κ3) is 3.17. The minimum absolute atomic E-state index is 0.141. The highest BCUT2D eigenvalue weighted by Gasteiger charge is 2.47. The number of halogens is 2. The smallest absolute Gasteiger partial charge is 0.225 e. The van der Waals surface area contributed by atoms with Crippen molar-refractivity contribution < 1.29 is 13.6 Å². The first-order valence-electron chi connectivity index (χ1n) is 11.7. The summed E-state index contributed by atoms with van der Waals surface area (Å²) in [5, 5.41) is 8.89. The summed E-state index contributed by atoms with van der Waals surface area (Å²) in [4.78, 5) is 22.7. The van der Waals surface area contributed by atoms with Gasteiger partial charge in [-0.15, -0.1) is 5.10 Å². The van der Waals surface area contributed by atoms with Crippen LogP contribution in [0, 0.1) is 17.6 Å². The Balaban J connectivity index is 1.42. The Morgan fingerprint density at radius 3 is 2.65 bits per heavy atom. The highest BCUT2D eigenvalue weighted by atomic mass is 19.1. The molecule has 0 spiro atoms. The second kappa shape index (κ2) is 7.78. The SMILES string of the molecule is NC(=O)C1CN(c2nccc([C@@]34CCC[C@@H](CC3)c3cc(-c5c(F)cccc5F)nnc34)n2)C1. The van der Waals surface area contributed by atoms with Crippen LogP contribution in [0.5, 0.6) is 0 Å². The fraction of sp³-hybridized carbons (Fsp3) is 0.400. The van der Waals surface area contributed by atoms with E-state index in [4.69, 9.17) is 10.7 Å². The molecule has 3 aromatic rings. The topological polar surface area (TPSA) is 97.9 Å². The van der Waals surface area contributed by atoms with Gasteiger partial charge in [0, 0.05) is 19.3 Å². The van der Waals surface area contributed by atoms with E-state index in [-0.39, 0.29) is 29.0 Å². The lowest BCUT2D eigenvalue weighted by Crippen LogP contribution is -2.53. The maximum Gasteiger partial charge on any atom is 0.225 e. The molecule has 9 heteroatoms. The molecule has 1 aromatic carbocycles. The second-order valence-electron chi connectivity index (χ2n) is 9.59. The number of rotatable bonds is 4. The number of benzene rings is 1. The molecule has 2 aromatic heterocycles. The lowest BCUT2D eigenvalue weighted by molar-refractivity contribution is -0.122. The van der Waals surface area contributed by atoms with Crippen LogP contribution in [-0.2, 0) is 10.2 Å². The molecule has 1 saturated heterocycles. The van der Waals surface area contributed by atoms with Gasteiger partial charge in [-0.05, 0) is 61.4 Å². The zero-order valence-corrected chi connectivity index (χ0v) is 18.5. The fourth-order valence-corrected chi connectivity index (χ4v) is 5.81. The van der Waals surface area contributed by atoms with Gasteiger partial charge in [0.15, 0.2) is 0 Å². The molecule has 2 atom stereocenters. The average Bonchev–Trinajstić information content (AvgIpc) is 3.10. The summed E-state index contributed by atoms with van der Waals surface area (Å²) in [7, 11) is 0. The van der Waals surface area contributed by atoms with E-state index in [0.29, 0.717) is 19.0 Å². The van der Waals surface area contributed by atoms with Crippen molar-refractivity contribution in [1.82, 2.24) is 20.2 Å². The Hall–Kier alpha value is -3.49. The fourth-order valence-electron chi connectivity index (χ4n) is 5.81. The van der Waals surface area contributed by atoms with E-state index < -0.39 is 17.0 Å². The van der Waals surface area contributed by atoms with E-state index in [2.05, 4.69) is 15.2 Å². The van der Waals surface area contributed by atoms with Gasteiger partial charge in [0.2, 0.25) is 11.9 Å². The summed E-state index contributed by atoms with van der Waals surface area (Å²) < 4.78 is 28.9. The lowest BCUT2D eigenvalue weighted by Gasteiger charge is -2.39. The van der Waals surface area contributed by atoms with E-state index in [1.807, 2.05) is 17.0 Å². The van der Waals surface area contributed by atoms with Crippen LogP contribution in [0.2, 0.25) is 0 Å². The number of anilines is 1. The number of fused-ring (bicyclic) bond motifs is 3. The number of primary amides is 1. The van der Waals surface area contributed by atoms with Crippen molar-refractivity contribution in [3.05, 3.63) is 65.1 Å². The highest BCUT2D eigenvalue weighted by Crippen LogP contribution is 2.53. The summed E-state index contributed by atoms with van der Waals surface area (Å²) >= 11 is 0. The molecule has 7 rings (SSSR count). The molecule has 0 unspecified atom stereocenters. The van der Waals surface area contributed by atoms with Crippen LogP contribution >= 0.6 is 0 Å². The Morgan fingerprint density at radius 1 is 1.09 bits per heavy atom. The van der Waals surface area contributed by atoms with Gasteiger partial charge >= 0.3 is 0 Å². The Bertz CT molecular complexity index is 1270. The normalized spacial score (nSPS) is 23.8. The molecular formula is C25H24F2N6O. The van der Waals surface area contributed by atoms with Crippen LogP contribution in [0.3, 0.4) is 0 Å². The molecule has 7 nitrogen and oxygen atoms in total. The van der Waals surface area contributed by atoms with Crippen LogP contribution in [0.4, 0.5) is 14.7 Å². The van der Waals surface area contributed by atoms with Crippen molar-refractivity contribution >= 4 is 11.9 Å². The molecular weight excluding hydrogens is 438 g/mol. The monoisotopic (exact) mass is 462 g/mol. The maximum absolute atomic E-state index is 14.5. The van der Waals surface area contributed by atoms with E-state index in [1.165, 1.54) is 18.2 Å². The maximum atomic E-state index is 14.5. The number of nitrogens with two attached hydrogens (primary N) is 1. The third-order valence-electron chi connectivity index (χ3n) is 7.71. The number of hydrogen-bond donors (Lipinski definition) is 1. The first-order chi connectivity index (χ1) is 16.5. The minimum atomic E-state index is -0.646. The van der Waals surface area contributed by atoms with Gasteiger partial charge in [-0.25, -0.2) is 18.7 Å². The molecule has 1 aliphatic heterocycles. The number of aromatic nitrogens is 4. The molecule has 1 saturated carbocycles. The quantitative estimate of drug-likeness (QED) is 0.638. The van der Waals surface area contributed by atoms with Crippen molar-refractivity contribution in [1.29, 1.82) is 0 Å². The largest absolute Gasteiger partial charge is 0.369 e. The summed E-state index contributed by atoms with van der Waals surface area (Å²) in [5.41, 5.74) is 7.80. The highest BCUT2D eigenvalue weighted by molar-refractivity contribution is 5.79. The Morgan fingerprint density at radius 2 is 1.88 bits per heavy atom. The molecule has 34 heavy (non-hydrogen) atoms. The summed E-state index contributed by atoms with van der Waals surface area (Å²) in [5.74, 6) is -0.918. The van der Waals surface area contributed by atoms with Crippen LogP contribution in [0.1, 0.15) is 55.0 Å². The Kier molecular flexibility index (Phi) is 4.82. The van der Waals surface area contributed by atoms with Gasteiger partial charge in [-0.2, -0.15) is 5.10 Å². The molecule has 3 heterocycles. The number of carbonyl (C=O) groups is 1. The van der Waals surface area contributed by atoms with Gasteiger partial charge < -0.3 is 10.6 Å². The minimum Gasteiger partial charge on any atom is -0.369 e. The van der Waals surface area contributed by atoms with E-state index >= 15 is 0 Å². The van der Waals surface area contributed by atoms with Gasteiger partial charge in [-0.3, -0.25) is 4.79 Å². The standard InChI is InChI=1S/C25H24F2N6O/c26-17-4-1-5-18(27)21(17)19-11-16-14-3-2-8-25(9-6-14,22(16)32-31-19)20-7-10-29-24(30-20)33-12-15(13-33)23(28)34/h1,4-5,7,10-11,14-15H,2-3,6,8-9,12-13H2,(H2,28,34)/t14-,25+/m0/s1. The second-order valence-corrected chi connectivity index (χ2v) is 9.59. The van der Waals surface area contributed by atoms with E-state index in [9.17, 15) is 13.6 Å². The number of amides is 1. The predicted octanol–water partition coefficient (Wildman–Crippen LogP) is 3.48. The van der Waals surface area contributed by atoms with Crippen LogP contribution in [0.15, 0.2) is 36.5 Å². The van der Waals surface area contributed by atoms with E-state index in [0.717, 1.165) is 49.1 Å². The van der Waals surface area contributed by atoms with Crippen LogP contribution < -0.4 is 10.6 Å². The van der Waals surface area contributed by atoms with Gasteiger partial charge in [0.05, 0.1) is 34.0 Å². The van der Waals surface area contributed by atoms with Crippen molar-refractivity contribution in [2.24, 2.45) is 11.7 Å². The van der Waals surface area contributed by atoms with Crippen LogP contribution in [-0.4, -0.2) is 39.2 Å². The summed E-state index contributed by atoms with van der Waals surface area (Å²) in [6, 6.07) is 7.57. The summed E-state index contributed by atoms with van der Waals surface area (Å²) in [6.07, 6.45) is 6.44. The van der Waals surface area contributed by atoms with Crippen LogP contribution in [0.25, 0.3) is 11.3 Å². The average molecular weight is 463 g/mol. The molecule has 2 bridgehead atoms. The number of nitrogens with zero attached hydrogens (tertiary/aromatic N) is 5. The van der Waals surface area contributed by atoms with E-state index in [1.54, 1.807) is 6.20 Å². The molecule has 1 amide bonds. The van der Waals surface area contributed by atoms with Crippen molar-refractivity contribution in [3.8, 4) is 11.3 Å².